The maximum atomic E-state index is 13.3. The summed E-state index contributed by atoms with van der Waals surface area (Å²) in [7, 11) is -3.91. The Morgan fingerprint density at radius 3 is 2.48 bits per heavy atom. The van der Waals surface area contributed by atoms with E-state index < -0.39 is 15.9 Å². The lowest BCUT2D eigenvalue weighted by molar-refractivity contribution is -0.122. The van der Waals surface area contributed by atoms with Gasteiger partial charge in [-0.15, -0.1) is 0 Å². The second kappa shape index (κ2) is 8.55. The van der Waals surface area contributed by atoms with Crippen LogP contribution in [0.3, 0.4) is 0 Å². The lowest BCUT2D eigenvalue weighted by Crippen LogP contribution is -2.29. The molecule has 0 bridgehead atoms. The Morgan fingerprint density at radius 1 is 1.09 bits per heavy atom. The number of carbonyl (C=O) groups excluding carboxylic acids is 1. The minimum atomic E-state index is -3.91. The summed E-state index contributed by atoms with van der Waals surface area (Å²) in [5, 5.41) is 7.25. The number of nitrogens with one attached hydrogen (secondary N) is 1. The van der Waals surface area contributed by atoms with E-state index in [4.69, 9.17) is 9.47 Å². The van der Waals surface area contributed by atoms with Gasteiger partial charge in [-0.1, -0.05) is 45.0 Å². The molecule has 33 heavy (non-hydrogen) atoms. The average molecular weight is 470 g/mol. The van der Waals surface area contributed by atoms with Gasteiger partial charge in [0, 0.05) is 5.41 Å². The van der Waals surface area contributed by atoms with Crippen molar-refractivity contribution in [1.29, 1.82) is 0 Å². The van der Waals surface area contributed by atoms with Gasteiger partial charge in [-0.25, -0.2) is 0 Å². The van der Waals surface area contributed by atoms with E-state index in [-0.39, 0.29) is 29.6 Å². The number of hydrogen-bond donors (Lipinski definition) is 1. The van der Waals surface area contributed by atoms with Crippen molar-refractivity contribution >= 4 is 15.9 Å². The van der Waals surface area contributed by atoms with Crippen molar-refractivity contribution in [2.45, 2.75) is 50.5 Å². The van der Waals surface area contributed by atoms with Crippen molar-refractivity contribution in [2.75, 3.05) is 6.79 Å². The van der Waals surface area contributed by atoms with Crippen LogP contribution in [0.2, 0.25) is 0 Å². The van der Waals surface area contributed by atoms with E-state index in [1.807, 2.05) is 26.8 Å². The molecule has 0 saturated heterocycles. The fourth-order valence-electron chi connectivity index (χ4n) is 3.45. The number of rotatable bonds is 6. The van der Waals surface area contributed by atoms with Gasteiger partial charge in [0.25, 0.3) is 10.0 Å². The molecule has 8 nitrogen and oxygen atoms in total. The summed E-state index contributed by atoms with van der Waals surface area (Å²) in [6.45, 7) is 7.83. The Morgan fingerprint density at radius 2 is 1.79 bits per heavy atom. The minimum absolute atomic E-state index is 0.0167. The predicted molar refractivity (Wildman–Crippen MR) is 123 cm³/mol. The second-order valence-electron chi connectivity index (χ2n) is 8.98. The molecule has 1 unspecified atom stereocenters. The number of nitrogens with zero attached hydrogens (tertiary/aromatic N) is 2. The van der Waals surface area contributed by atoms with Crippen LogP contribution in [0, 0.1) is 0 Å². The Labute approximate surface area is 193 Å². The number of fused-ring (bicyclic) bond motifs is 1. The first-order chi connectivity index (χ1) is 15.6. The van der Waals surface area contributed by atoms with Crippen LogP contribution < -0.4 is 14.8 Å². The highest BCUT2D eigenvalue weighted by atomic mass is 32.2. The molecule has 0 saturated carbocycles. The Hall–Kier alpha value is -3.33. The smallest absolute Gasteiger partial charge is 0.283 e. The number of carbonyl (C=O) groups is 1. The van der Waals surface area contributed by atoms with Crippen LogP contribution in [0.5, 0.6) is 11.5 Å². The first-order valence-electron chi connectivity index (χ1n) is 10.6. The first kappa shape index (κ1) is 22.8. The third kappa shape index (κ3) is 4.59. The fourth-order valence-corrected chi connectivity index (χ4v) is 4.78. The fraction of sp³-hybridized carbons (Fsp3) is 0.333. The van der Waals surface area contributed by atoms with E-state index >= 15 is 0 Å². The minimum Gasteiger partial charge on any atom is -0.454 e. The zero-order valence-electron chi connectivity index (χ0n) is 19.0. The molecule has 1 aromatic heterocycles. The molecule has 1 aliphatic rings. The molecule has 174 valence electrons. The number of aromatic nitrogens is 2. The van der Waals surface area contributed by atoms with Crippen LogP contribution in [0.4, 0.5) is 0 Å². The molecule has 4 rings (SSSR count). The standard InChI is InChI=1S/C24H27N3O5S/c1-16(17-10-11-20-21(12-17)32-15-31-20)23(28)25-14-18-13-22(24(2,3)4)26-27(18)33(29,30)19-8-6-5-7-9-19/h5-13,16H,14-15H2,1-4H3,(H,25,28). The molecule has 0 radical (unpaired) electrons. The zero-order valence-corrected chi connectivity index (χ0v) is 19.8. The van der Waals surface area contributed by atoms with Gasteiger partial charge < -0.3 is 14.8 Å². The number of hydrogen-bond acceptors (Lipinski definition) is 6. The molecule has 9 heteroatoms. The van der Waals surface area contributed by atoms with E-state index in [9.17, 15) is 13.2 Å². The lowest BCUT2D eigenvalue weighted by atomic mass is 9.92. The van der Waals surface area contributed by atoms with E-state index in [0.29, 0.717) is 22.9 Å². The van der Waals surface area contributed by atoms with E-state index in [1.165, 1.54) is 12.1 Å². The van der Waals surface area contributed by atoms with Crippen LogP contribution in [0.25, 0.3) is 0 Å². The van der Waals surface area contributed by atoms with Crippen LogP contribution in [0.1, 0.15) is 50.6 Å². The predicted octanol–water partition coefficient (Wildman–Crippen LogP) is 3.57. The van der Waals surface area contributed by atoms with Crippen molar-refractivity contribution < 1.29 is 22.7 Å². The molecule has 1 aliphatic heterocycles. The molecule has 1 atom stereocenters. The molecule has 2 heterocycles. The molecule has 2 aromatic carbocycles. The van der Waals surface area contributed by atoms with Gasteiger partial charge in [0.05, 0.1) is 28.7 Å². The zero-order chi connectivity index (χ0) is 23.8. The van der Waals surface area contributed by atoms with Crippen LogP contribution in [-0.4, -0.2) is 30.3 Å². The lowest BCUT2D eigenvalue weighted by Gasteiger charge is -2.14. The topological polar surface area (TPSA) is 99.5 Å². The summed E-state index contributed by atoms with van der Waals surface area (Å²) < 4.78 is 38.3. The van der Waals surface area contributed by atoms with Crippen molar-refractivity contribution in [3.63, 3.8) is 0 Å². The van der Waals surface area contributed by atoms with Crippen molar-refractivity contribution in [1.82, 2.24) is 14.5 Å². The van der Waals surface area contributed by atoms with Gasteiger partial charge in [-0.2, -0.15) is 17.6 Å². The van der Waals surface area contributed by atoms with Gasteiger partial charge >= 0.3 is 0 Å². The van der Waals surface area contributed by atoms with E-state index in [0.717, 1.165) is 9.65 Å². The van der Waals surface area contributed by atoms with Gasteiger partial charge in [0.15, 0.2) is 11.5 Å². The van der Waals surface area contributed by atoms with E-state index in [1.54, 1.807) is 43.3 Å². The third-order valence-electron chi connectivity index (χ3n) is 5.52. The monoisotopic (exact) mass is 469 g/mol. The number of benzene rings is 2. The molecular formula is C24H27N3O5S. The summed E-state index contributed by atoms with van der Waals surface area (Å²) in [5.41, 5.74) is 1.42. The summed E-state index contributed by atoms with van der Waals surface area (Å²) in [4.78, 5) is 13.0. The number of ether oxygens (including phenoxy) is 2. The van der Waals surface area contributed by atoms with Crippen LogP contribution >= 0.6 is 0 Å². The summed E-state index contributed by atoms with van der Waals surface area (Å²) in [6, 6.07) is 15.2. The van der Waals surface area contributed by atoms with Crippen molar-refractivity contribution in [2.24, 2.45) is 0 Å². The van der Waals surface area contributed by atoms with Gasteiger partial charge in [-0.05, 0) is 42.8 Å². The van der Waals surface area contributed by atoms with Crippen molar-refractivity contribution in [3.8, 4) is 11.5 Å². The molecule has 0 aliphatic carbocycles. The highest BCUT2D eigenvalue weighted by Crippen LogP contribution is 2.34. The average Bonchev–Trinajstić information content (AvgIpc) is 3.44. The normalized spacial score (nSPS) is 14.2. The summed E-state index contributed by atoms with van der Waals surface area (Å²) in [6.07, 6.45) is 0. The Kier molecular flexibility index (Phi) is 5.92. The van der Waals surface area contributed by atoms with Gasteiger partial charge in [0.2, 0.25) is 12.7 Å². The molecule has 1 amide bonds. The molecule has 1 N–H and O–H groups in total. The quantitative estimate of drug-likeness (QED) is 0.593. The molecule has 0 fully saturated rings. The van der Waals surface area contributed by atoms with Crippen molar-refractivity contribution in [3.05, 3.63) is 71.5 Å². The highest BCUT2D eigenvalue weighted by Gasteiger charge is 2.27. The van der Waals surface area contributed by atoms with Gasteiger partial charge in [-0.3, -0.25) is 4.79 Å². The third-order valence-corrected chi connectivity index (χ3v) is 7.16. The summed E-state index contributed by atoms with van der Waals surface area (Å²) >= 11 is 0. The van der Waals surface area contributed by atoms with E-state index in [2.05, 4.69) is 10.4 Å². The molecule has 0 spiro atoms. The van der Waals surface area contributed by atoms with Crippen LogP contribution in [0.15, 0.2) is 59.5 Å². The SMILES string of the molecule is CC(C(=O)NCc1cc(C(C)(C)C)nn1S(=O)(=O)c1ccccc1)c1ccc2c(c1)OCO2. The summed E-state index contributed by atoms with van der Waals surface area (Å²) in [5.74, 6) is 0.546. The maximum Gasteiger partial charge on any atom is 0.283 e. The Balaban J connectivity index is 1.58. The highest BCUT2D eigenvalue weighted by molar-refractivity contribution is 7.89. The maximum absolute atomic E-state index is 13.3. The second-order valence-corrected chi connectivity index (χ2v) is 10.8. The molecular weight excluding hydrogens is 442 g/mol. The number of amides is 1. The largest absolute Gasteiger partial charge is 0.454 e. The Bertz CT molecular complexity index is 1280. The first-order valence-corrected chi connectivity index (χ1v) is 12.1. The molecule has 3 aromatic rings. The van der Waals surface area contributed by atoms with Crippen LogP contribution in [-0.2, 0) is 26.8 Å². The van der Waals surface area contributed by atoms with Gasteiger partial charge in [0.1, 0.15) is 0 Å².